The van der Waals surface area contributed by atoms with Crippen molar-refractivity contribution in [2.75, 3.05) is 11.9 Å². The van der Waals surface area contributed by atoms with Crippen molar-refractivity contribution in [1.82, 2.24) is 19.9 Å². The molecule has 2 aromatic heterocycles. The monoisotopic (exact) mass is 492 g/mol. The van der Waals surface area contributed by atoms with E-state index in [0.717, 1.165) is 22.5 Å². The highest BCUT2D eigenvalue weighted by Crippen LogP contribution is 2.22. The lowest BCUT2D eigenvalue weighted by atomic mass is 9.93. The Bertz CT molecular complexity index is 1360. The quantitative estimate of drug-likeness (QED) is 0.338. The van der Waals surface area contributed by atoms with E-state index in [-0.39, 0.29) is 17.2 Å². The molecule has 4 aromatic rings. The smallest absolute Gasteiger partial charge is 0.247 e. The first kappa shape index (κ1) is 25.8. The van der Waals surface area contributed by atoms with Crippen LogP contribution in [-0.4, -0.2) is 27.0 Å². The molecule has 1 amide bonds. The third-order valence-corrected chi connectivity index (χ3v) is 6.28. The van der Waals surface area contributed by atoms with Gasteiger partial charge in [0.2, 0.25) is 5.91 Å². The van der Waals surface area contributed by atoms with Crippen LogP contribution >= 0.6 is 0 Å². The Morgan fingerprint density at radius 2 is 1.73 bits per heavy atom. The number of nitriles is 1. The molecule has 4 rings (SSSR count). The van der Waals surface area contributed by atoms with Crippen molar-refractivity contribution in [3.63, 3.8) is 0 Å². The number of anilines is 1. The van der Waals surface area contributed by atoms with Crippen molar-refractivity contribution in [1.29, 1.82) is 5.26 Å². The van der Waals surface area contributed by atoms with Gasteiger partial charge in [-0.15, -0.1) is 0 Å². The van der Waals surface area contributed by atoms with Gasteiger partial charge in [-0.05, 0) is 41.3 Å². The molecule has 0 unspecified atom stereocenters. The zero-order valence-electron chi connectivity index (χ0n) is 21.6. The summed E-state index contributed by atoms with van der Waals surface area (Å²) >= 11 is 0. The number of hydrogen-bond donors (Lipinski definition) is 2. The summed E-state index contributed by atoms with van der Waals surface area (Å²) in [6.07, 6.45) is 5.50. The molecule has 7 nitrogen and oxygen atoms in total. The van der Waals surface area contributed by atoms with E-state index in [1.54, 1.807) is 18.6 Å². The van der Waals surface area contributed by atoms with Crippen LogP contribution in [-0.2, 0) is 10.2 Å². The van der Waals surface area contributed by atoms with Gasteiger partial charge in [0, 0.05) is 18.2 Å². The highest BCUT2D eigenvalue weighted by Gasteiger charge is 2.22. The first-order valence-corrected chi connectivity index (χ1v) is 12.3. The van der Waals surface area contributed by atoms with Crippen LogP contribution < -0.4 is 10.6 Å². The van der Waals surface area contributed by atoms with Gasteiger partial charge < -0.3 is 15.2 Å². The Labute approximate surface area is 218 Å². The molecule has 37 heavy (non-hydrogen) atoms. The van der Waals surface area contributed by atoms with E-state index in [1.807, 2.05) is 71.4 Å². The summed E-state index contributed by atoms with van der Waals surface area (Å²) in [6, 6.07) is 22.5. The van der Waals surface area contributed by atoms with Crippen molar-refractivity contribution in [3.8, 4) is 11.8 Å². The zero-order chi connectivity index (χ0) is 26.4. The zero-order valence-corrected chi connectivity index (χ0v) is 21.6. The van der Waals surface area contributed by atoms with Gasteiger partial charge in [-0.3, -0.25) is 4.79 Å². The van der Waals surface area contributed by atoms with Gasteiger partial charge in [-0.1, -0.05) is 70.2 Å². The van der Waals surface area contributed by atoms with Crippen LogP contribution in [0.1, 0.15) is 62.0 Å². The molecule has 0 fully saturated rings. The number of rotatable bonds is 8. The lowest BCUT2D eigenvalue weighted by Crippen LogP contribution is -2.35. The third-order valence-electron chi connectivity index (χ3n) is 6.28. The molecule has 0 bridgehead atoms. The predicted octanol–water partition coefficient (Wildman–Crippen LogP) is 5.51. The topological polar surface area (TPSA) is 95.6 Å². The maximum absolute atomic E-state index is 13.3. The van der Waals surface area contributed by atoms with Crippen molar-refractivity contribution in [3.05, 3.63) is 108 Å². The molecule has 2 atom stereocenters. The van der Waals surface area contributed by atoms with E-state index in [9.17, 15) is 4.79 Å². The molecule has 0 aliphatic carbocycles. The average molecular weight is 493 g/mol. The molecule has 7 heteroatoms. The second kappa shape index (κ2) is 11.2. The van der Waals surface area contributed by atoms with E-state index in [4.69, 9.17) is 5.26 Å². The molecule has 2 heterocycles. The van der Waals surface area contributed by atoms with Crippen molar-refractivity contribution < 1.29 is 4.79 Å². The van der Waals surface area contributed by atoms with Gasteiger partial charge in [0.05, 0.1) is 35.5 Å². The highest BCUT2D eigenvalue weighted by atomic mass is 16.2. The van der Waals surface area contributed by atoms with E-state index >= 15 is 0 Å². The summed E-state index contributed by atoms with van der Waals surface area (Å²) in [5.41, 5.74) is 4.43. The average Bonchev–Trinajstić information content (AvgIpc) is 3.41. The SMILES string of the molecule is C[C@@H](CN[C@@H](C(=O)Nc1ccc(-n2cnc(C(C)(C)C)c2)cn1)c1ccccc1)c1ccc(C#N)cc1. The molecular formula is C30H32N6O. The highest BCUT2D eigenvalue weighted by molar-refractivity contribution is 5.94. The number of benzene rings is 2. The number of amides is 1. The normalized spacial score (nSPS) is 12.9. The van der Waals surface area contributed by atoms with E-state index in [1.165, 1.54) is 0 Å². The van der Waals surface area contributed by atoms with Crippen LogP contribution in [0.5, 0.6) is 0 Å². The summed E-state index contributed by atoms with van der Waals surface area (Å²) in [5, 5.41) is 15.4. The second-order valence-corrected chi connectivity index (χ2v) is 10.2. The fourth-order valence-corrected chi connectivity index (χ4v) is 3.97. The molecular weight excluding hydrogens is 460 g/mol. The number of pyridine rings is 1. The predicted molar refractivity (Wildman–Crippen MR) is 145 cm³/mol. The van der Waals surface area contributed by atoms with Crippen LogP contribution in [0.15, 0.2) is 85.5 Å². The minimum atomic E-state index is -0.550. The first-order valence-electron chi connectivity index (χ1n) is 12.3. The van der Waals surface area contributed by atoms with Crippen molar-refractivity contribution in [2.45, 2.75) is 45.1 Å². The number of nitrogens with one attached hydrogen (secondary N) is 2. The van der Waals surface area contributed by atoms with E-state index in [2.05, 4.69) is 54.4 Å². The summed E-state index contributed by atoms with van der Waals surface area (Å²) in [7, 11) is 0. The Morgan fingerprint density at radius 3 is 2.32 bits per heavy atom. The minimum Gasteiger partial charge on any atom is -0.309 e. The molecule has 2 N–H and O–H groups in total. The lowest BCUT2D eigenvalue weighted by molar-refractivity contribution is -0.118. The largest absolute Gasteiger partial charge is 0.309 e. The number of carbonyl (C=O) groups excluding carboxylic acids is 1. The molecule has 188 valence electrons. The maximum atomic E-state index is 13.3. The van der Waals surface area contributed by atoms with Gasteiger partial charge >= 0.3 is 0 Å². The Kier molecular flexibility index (Phi) is 7.80. The maximum Gasteiger partial charge on any atom is 0.247 e. The molecule has 0 saturated carbocycles. The Hall–Kier alpha value is -4.28. The number of carbonyl (C=O) groups is 1. The van der Waals surface area contributed by atoms with Gasteiger partial charge in [-0.2, -0.15) is 5.26 Å². The molecule has 2 aromatic carbocycles. The molecule has 0 spiro atoms. The molecule has 0 aliphatic heterocycles. The fourth-order valence-electron chi connectivity index (χ4n) is 3.97. The Morgan fingerprint density at radius 1 is 1.00 bits per heavy atom. The summed E-state index contributed by atoms with van der Waals surface area (Å²) in [5.74, 6) is 0.446. The van der Waals surface area contributed by atoms with Gasteiger partial charge in [0.25, 0.3) is 0 Å². The number of nitrogens with zero attached hydrogens (tertiary/aromatic N) is 4. The first-order chi connectivity index (χ1) is 17.7. The fraction of sp³-hybridized carbons (Fsp3) is 0.267. The van der Waals surface area contributed by atoms with Crippen LogP contribution in [0.2, 0.25) is 0 Å². The van der Waals surface area contributed by atoms with Gasteiger partial charge in [0.1, 0.15) is 11.9 Å². The molecule has 0 saturated heterocycles. The van der Waals surface area contributed by atoms with Crippen LogP contribution in [0, 0.1) is 11.3 Å². The van der Waals surface area contributed by atoms with Crippen LogP contribution in [0.3, 0.4) is 0 Å². The van der Waals surface area contributed by atoms with Crippen molar-refractivity contribution >= 4 is 11.7 Å². The van der Waals surface area contributed by atoms with Gasteiger partial charge in [-0.25, -0.2) is 9.97 Å². The number of aromatic nitrogens is 3. The second-order valence-electron chi connectivity index (χ2n) is 10.2. The van der Waals surface area contributed by atoms with E-state index in [0.29, 0.717) is 17.9 Å². The summed E-state index contributed by atoms with van der Waals surface area (Å²) in [4.78, 5) is 22.3. The van der Waals surface area contributed by atoms with Crippen LogP contribution in [0.25, 0.3) is 5.69 Å². The number of imidazole rings is 1. The molecule has 0 radical (unpaired) electrons. The lowest BCUT2D eigenvalue weighted by Gasteiger charge is -2.21. The summed E-state index contributed by atoms with van der Waals surface area (Å²) < 4.78 is 1.93. The standard InChI is InChI=1S/C30H32N6O/c1-21(23-12-10-22(16-31)11-13-23)17-33-28(24-8-6-5-7-9-24)29(37)35-27-15-14-25(18-32-27)36-19-26(34-20-36)30(2,3)4/h5-15,18-21,28,33H,17H2,1-4H3,(H,32,35,37)/t21-,28+/m0/s1. The van der Waals surface area contributed by atoms with Crippen molar-refractivity contribution in [2.24, 2.45) is 0 Å². The minimum absolute atomic E-state index is 0.0381. The van der Waals surface area contributed by atoms with Gasteiger partial charge in [0.15, 0.2) is 0 Å². The number of hydrogen-bond acceptors (Lipinski definition) is 5. The summed E-state index contributed by atoms with van der Waals surface area (Å²) in [6.45, 7) is 9.05. The molecule has 0 aliphatic rings. The van der Waals surface area contributed by atoms with E-state index < -0.39 is 6.04 Å². The Balaban J connectivity index is 1.45. The third kappa shape index (κ3) is 6.49. The van der Waals surface area contributed by atoms with Crippen LogP contribution in [0.4, 0.5) is 5.82 Å².